The van der Waals surface area contributed by atoms with Gasteiger partial charge < -0.3 is 9.15 Å². The van der Waals surface area contributed by atoms with Crippen LogP contribution in [0.5, 0.6) is 0 Å². The second-order valence-corrected chi connectivity index (χ2v) is 6.40. The Morgan fingerprint density at radius 3 is 2.89 bits per heavy atom. The number of aromatic nitrogens is 5. The largest absolute Gasteiger partial charge is 0.457 e. The molecule has 0 bridgehead atoms. The van der Waals surface area contributed by atoms with Gasteiger partial charge in [0.05, 0.1) is 12.6 Å². The maximum Gasteiger partial charge on any atom is 0.306 e. The lowest BCUT2D eigenvalue weighted by Gasteiger charge is -2.04. The molecule has 0 N–H and O–H groups in total. The van der Waals surface area contributed by atoms with Crippen LogP contribution in [0.25, 0.3) is 11.3 Å². The molecule has 0 radical (unpaired) electrons. The summed E-state index contributed by atoms with van der Waals surface area (Å²) < 4.78 is 12.6. The summed E-state index contributed by atoms with van der Waals surface area (Å²) in [6.07, 6.45) is 3.15. The van der Waals surface area contributed by atoms with Crippen molar-refractivity contribution >= 4 is 5.97 Å². The van der Waals surface area contributed by atoms with E-state index in [2.05, 4.69) is 46.5 Å². The van der Waals surface area contributed by atoms with E-state index in [1.165, 1.54) is 11.1 Å². The molecular weight excluding hydrogens is 346 g/mol. The summed E-state index contributed by atoms with van der Waals surface area (Å²) in [4.78, 5) is 16.2. The molecule has 0 saturated heterocycles. The zero-order valence-electron chi connectivity index (χ0n) is 15.8. The van der Waals surface area contributed by atoms with Crippen LogP contribution in [0, 0.1) is 13.8 Å². The fourth-order valence-corrected chi connectivity index (χ4v) is 2.59. The lowest BCUT2D eigenvalue weighted by molar-refractivity contribution is -0.145. The number of oxazole rings is 1. The summed E-state index contributed by atoms with van der Waals surface area (Å²) in [6, 6.07) is 6.12. The first-order valence-corrected chi connectivity index (χ1v) is 8.99. The van der Waals surface area contributed by atoms with Gasteiger partial charge >= 0.3 is 5.97 Å². The van der Waals surface area contributed by atoms with Crippen LogP contribution >= 0.6 is 0 Å². The molecule has 8 nitrogen and oxygen atoms in total. The lowest BCUT2D eigenvalue weighted by atomic mass is 10.1. The summed E-state index contributed by atoms with van der Waals surface area (Å²) >= 11 is 0. The highest BCUT2D eigenvalue weighted by Crippen LogP contribution is 2.23. The topological polar surface area (TPSA) is 95.9 Å². The first-order chi connectivity index (χ1) is 13.1. The molecule has 3 rings (SSSR count). The summed E-state index contributed by atoms with van der Waals surface area (Å²) in [6.45, 7) is 6.91. The van der Waals surface area contributed by atoms with Crippen LogP contribution in [0.1, 0.15) is 42.6 Å². The van der Waals surface area contributed by atoms with Gasteiger partial charge in [-0.25, -0.2) is 9.67 Å². The molecule has 0 atom stereocenters. The zero-order valence-corrected chi connectivity index (χ0v) is 15.8. The van der Waals surface area contributed by atoms with E-state index in [4.69, 9.17) is 9.15 Å². The Bertz CT molecular complexity index is 916. The Hall–Kier alpha value is -3.03. The first-order valence-electron chi connectivity index (χ1n) is 8.99. The van der Waals surface area contributed by atoms with E-state index in [0.29, 0.717) is 30.4 Å². The number of carbonyl (C=O) groups is 1. The molecule has 0 unspecified atom stereocenters. The second-order valence-electron chi connectivity index (χ2n) is 6.40. The lowest BCUT2D eigenvalue weighted by Crippen LogP contribution is -2.11. The average molecular weight is 369 g/mol. The molecule has 2 aromatic heterocycles. The van der Waals surface area contributed by atoms with Crippen LogP contribution in [0.3, 0.4) is 0 Å². The van der Waals surface area contributed by atoms with E-state index in [9.17, 15) is 4.79 Å². The van der Waals surface area contributed by atoms with Crippen LogP contribution in [0.2, 0.25) is 0 Å². The molecule has 0 spiro atoms. The van der Waals surface area contributed by atoms with E-state index in [-0.39, 0.29) is 19.0 Å². The van der Waals surface area contributed by atoms with Crippen molar-refractivity contribution in [3.8, 4) is 11.3 Å². The van der Waals surface area contributed by atoms with Gasteiger partial charge in [-0.3, -0.25) is 4.79 Å². The minimum atomic E-state index is -0.341. The molecule has 8 heteroatoms. The standard InChI is InChI=1S/C19H23N5O3/c1-4-9-24-17(21-22-23-24)12-26-19(25)8-7-18-20-11-16(27-18)15-6-5-13(2)14(3)10-15/h5-6,10-11H,4,7-9,12H2,1-3H3. The van der Waals surface area contributed by atoms with E-state index >= 15 is 0 Å². The SMILES string of the molecule is CCCn1nnnc1COC(=O)CCc1ncc(-c2ccc(C)c(C)c2)o1. The Morgan fingerprint density at radius 1 is 1.26 bits per heavy atom. The number of tetrazole rings is 1. The Kier molecular flexibility index (Phi) is 5.95. The van der Waals surface area contributed by atoms with Gasteiger partial charge in [-0.2, -0.15) is 0 Å². The second kappa shape index (κ2) is 8.57. The van der Waals surface area contributed by atoms with Crippen LogP contribution in [-0.4, -0.2) is 31.2 Å². The monoisotopic (exact) mass is 369 g/mol. The molecule has 0 saturated carbocycles. The molecule has 142 valence electrons. The summed E-state index contributed by atoms with van der Waals surface area (Å²) in [5.41, 5.74) is 3.40. The van der Waals surface area contributed by atoms with Crippen molar-refractivity contribution in [2.45, 2.75) is 53.2 Å². The molecule has 0 amide bonds. The van der Waals surface area contributed by atoms with E-state index < -0.39 is 0 Å². The van der Waals surface area contributed by atoms with Crippen LogP contribution in [0.15, 0.2) is 28.8 Å². The smallest absolute Gasteiger partial charge is 0.306 e. The first kappa shape index (κ1) is 18.8. The van der Waals surface area contributed by atoms with Crippen molar-refractivity contribution in [1.82, 2.24) is 25.2 Å². The maximum absolute atomic E-state index is 12.0. The highest BCUT2D eigenvalue weighted by atomic mass is 16.5. The fraction of sp³-hybridized carbons (Fsp3) is 0.421. The van der Waals surface area contributed by atoms with Crippen LogP contribution < -0.4 is 0 Å². The third kappa shape index (κ3) is 4.78. The number of nitrogens with zero attached hydrogens (tertiary/aromatic N) is 5. The Morgan fingerprint density at radius 2 is 2.11 bits per heavy atom. The number of carbonyl (C=O) groups excluding carboxylic acids is 1. The third-order valence-corrected chi connectivity index (χ3v) is 4.29. The molecule has 0 aliphatic carbocycles. The number of hydrogen-bond acceptors (Lipinski definition) is 7. The van der Waals surface area contributed by atoms with Gasteiger partial charge in [0.1, 0.15) is 0 Å². The number of rotatable bonds is 8. The summed E-state index contributed by atoms with van der Waals surface area (Å²) in [5.74, 6) is 1.40. The van der Waals surface area contributed by atoms with Crippen molar-refractivity contribution in [2.75, 3.05) is 0 Å². The van der Waals surface area contributed by atoms with Crippen molar-refractivity contribution < 1.29 is 13.9 Å². The Balaban J connectivity index is 1.51. The van der Waals surface area contributed by atoms with E-state index in [0.717, 1.165) is 12.0 Å². The van der Waals surface area contributed by atoms with E-state index in [1.807, 2.05) is 13.0 Å². The van der Waals surface area contributed by atoms with Gasteiger partial charge in [-0.05, 0) is 47.9 Å². The quantitative estimate of drug-likeness (QED) is 0.563. The van der Waals surface area contributed by atoms with Crippen molar-refractivity contribution in [3.63, 3.8) is 0 Å². The number of hydrogen-bond donors (Lipinski definition) is 0. The molecule has 0 aliphatic rings. The van der Waals surface area contributed by atoms with E-state index in [1.54, 1.807) is 10.9 Å². The number of benzene rings is 1. The normalized spacial score (nSPS) is 10.9. The van der Waals surface area contributed by atoms with Gasteiger partial charge in [0.2, 0.25) is 0 Å². The molecule has 0 aliphatic heterocycles. The molecule has 2 heterocycles. The highest BCUT2D eigenvalue weighted by Gasteiger charge is 2.12. The predicted octanol–water partition coefficient (Wildman–Crippen LogP) is 3.03. The minimum absolute atomic E-state index is 0.0608. The zero-order chi connectivity index (χ0) is 19.2. The summed E-state index contributed by atoms with van der Waals surface area (Å²) in [5, 5.41) is 11.3. The van der Waals surface area contributed by atoms with Crippen LogP contribution in [0.4, 0.5) is 0 Å². The molecule has 27 heavy (non-hydrogen) atoms. The van der Waals surface area contributed by atoms with Gasteiger partial charge in [0.15, 0.2) is 24.1 Å². The molecule has 3 aromatic rings. The van der Waals surface area contributed by atoms with Gasteiger partial charge in [-0.15, -0.1) is 5.10 Å². The van der Waals surface area contributed by atoms with Crippen molar-refractivity contribution in [2.24, 2.45) is 0 Å². The minimum Gasteiger partial charge on any atom is -0.457 e. The van der Waals surface area contributed by atoms with Gasteiger partial charge in [0, 0.05) is 18.5 Å². The fourth-order valence-electron chi connectivity index (χ4n) is 2.59. The van der Waals surface area contributed by atoms with Gasteiger partial charge in [0.25, 0.3) is 0 Å². The van der Waals surface area contributed by atoms with Crippen LogP contribution in [-0.2, 0) is 29.1 Å². The number of ether oxygens (including phenoxy) is 1. The molecular formula is C19H23N5O3. The van der Waals surface area contributed by atoms with Crippen molar-refractivity contribution in [1.29, 1.82) is 0 Å². The average Bonchev–Trinajstić information content (AvgIpc) is 3.30. The Labute approximate surface area is 157 Å². The third-order valence-electron chi connectivity index (χ3n) is 4.29. The molecule has 0 fully saturated rings. The van der Waals surface area contributed by atoms with Gasteiger partial charge in [-0.1, -0.05) is 19.1 Å². The number of esters is 1. The number of aryl methyl sites for hydroxylation is 4. The molecule has 1 aromatic carbocycles. The highest BCUT2D eigenvalue weighted by molar-refractivity contribution is 5.69. The van der Waals surface area contributed by atoms with Crippen molar-refractivity contribution in [3.05, 3.63) is 47.2 Å². The summed E-state index contributed by atoms with van der Waals surface area (Å²) in [7, 11) is 0. The predicted molar refractivity (Wildman–Crippen MR) is 97.6 cm³/mol. The maximum atomic E-state index is 12.0.